The molecular weight excluding hydrogens is 439 g/mol. The van der Waals surface area contributed by atoms with Crippen LogP contribution in [0.4, 0.5) is 14.9 Å². The number of hydrogen-bond donors (Lipinski definition) is 2. The number of halogens is 1. The largest absolute Gasteiger partial charge is 0.494 e. The molecular formula is C25H29FN4O4. The number of rotatable bonds is 7. The number of benzene rings is 2. The summed E-state index contributed by atoms with van der Waals surface area (Å²) >= 11 is 0. The summed E-state index contributed by atoms with van der Waals surface area (Å²) in [5, 5.41) is 5.67. The van der Waals surface area contributed by atoms with Crippen molar-refractivity contribution in [1.82, 2.24) is 15.5 Å². The van der Waals surface area contributed by atoms with Crippen molar-refractivity contribution in [3.8, 4) is 5.75 Å². The van der Waals surface area contributed by atoms with E-state index in [4.69, 9.17) is 9.47 Å². The second-order valence-corrected chi connectivity index (χ2v) is 8.13. The summed E-state index contributed by atoms with van der Waals surface area (Å²) < 4.78 is 24.1. The van der Waals surface area contributed by atoms with Crippen LogP contribution in [-0.4, -0.2) is 63.3 Å². The molecule has 2 aromatic carbocycles. The molecule has 0 aliphatic carbocycles. The first-order chi connectivity index (χ1) is 16.5. The molecule has 34 heavy (non-hydrogen) atoms. The minimum atomic E-state index is -0.695. The maximum atomic E-state index is 13.2. The van der Waals surface area contributed by atoms with Gasteiger partial charge in [0.05, 0.1) is 25.3 Å². The van der Waals surface area contributed by atoms with E-state index in [1.807, 2.05) is 31.2 Å². The smallest absolute Gasteiger partial charge is 0.338 e. The van der Waals surface area contributed by atoms with Crippen LogP contribution >= 0.6 is 0 Å². The van der Waals surface area contributed by atoms with Gasteiger partial charge < -0.3 is 25.0 Å². The fourth-order valence-electron chi connectivity index (χ4n) is 4.37. The Balaban J connectivity index is 1.57. The lowest BCUT2D eigenvalue weighted by atomic mass is 9.94. The van der Waals surface area contributed by atoms with Gasteiger partial charge in [-0.1, -0.05) is 18.2 Å². The molecule has 0 aromatic heterocycles. The van der Waals surface area contributed by atoms with Crippen LogP contribution in [0.15, 0.2) is 59.8 Å². The first kappa shape index (κ1) is 23.6. The van der Waals surface area contributed by atoms with Gasteiger partial charge in [0, 0.05) is 49.7 Å². The van der Waals surface area contributed by atoms with Crippen molar-refractivity contribution in [2.24, 2.45) is 0 Å². The van der Waals surface area contributed by atoms with Crippen LogP contribution in [0.3, 0.4) is 0 Å². The van der Waals surface area contributed by atoms with E-state index in [-0.39, 0.29) is 11.8 Å². The van der Waals surface area contributed by atoms with E-state index in [9.17, 15) is 14.0 Å². The lowest BCUT2D eigenvalue weighted by molar-refractivity contribution is -0.136. The number of urea groups is 1. The topological polar surface area (TPSA) is 83.1 Å². The predicted molar refractivity (Wildman–Crippen MR) is 126 cm³/mol. The van der Waals surface area contributed by atoms with Crippen LogP contribution < -0.4 is 20.3 Å². The van der Waals surface area contributed by atoms with Gasteiger partial charge in [0.2, 0.25) is 0 Å². The Morgan fingerprint density at radius 2 is 1.79 bits per heavy atom. The van der Waals surface area contributed by atoms with Gasteiger partial charge in [-0.15, -0.1) is 0 Å². The summed E-state index contributed by atoms with van der Waals surface area (Å²) in [5.41, 5.74) is 2.54. The van der Waals surface area contributed by atoms with Gasteiger partial charge in [-0.05, 0) is 37.3 Å². The first-order valence-corrected chi connectivity index (χ1v) is 11.3. The third-order valence-electron chi connectivity index (χ3n) is 6.03. The summed E-state index contributed by atoms with van der Waals surface area (Å²) in [5.74, 6) is -0.165. The molecule has 2 N–H and O–H groups in total. The summed E-state index contributed by atoms with van der Waals surface area (Å²) in [7, 11) is 1.33. The van der Waals surface area contributed by atoms with Crippen LogP contribution in [0.2, 0.25) is 0 Å². The van der Waals surface area contributed by atoms with Crippen molar-refractivity contribution in [2.75, 3.05) is 51.3 Å². The van der Waals surface area contributed by atoms with Gasteiger partial charge in [0.1, 0.15) is 11.6 Å². The van der Waals surface area contributed by atoms with Crippen molar-refractivity contribution in [3.05, 3.63) is 71.2 Å². The van der Waals surface area contributed by atoms with E-state index in [2.05, 4.69) is 20.4 Å². The Kier molecular flexibility index (Phi) is 7.32. The van der Waals surface area contributed by atoms with E-state index < -0.39 is 12.0 Å². The lowest BCUT2D eigenvalue weighted by Gasteiger charge is -2.38. The van der Waals surface area contributed by atoms with Crippen LogP contribution in [0, 0.1) is 5.82 Å². The molecule has 9 heteroatoms. The number of hydrogen-bond acceptors (Lipinski definition) is 6. The number of nitrogens with one attached hydrogen (secondary N) is 2. The molecule has 0 spiro atoms. The SMILES string of the molecule is CCOc1ccccc1[C@@H]1NC(=O)NC(CN2CCN(c3ccc(F)cc3)CC2)=C1C(=O)OC. The highest BCUT2D eigenvalue weighted by molar-refractivity contribution is 5.95. The molecule has 4 rings (SSSR count). The van der Waals surface area contributed by atoms with Gasteiger partial charge in [-0.25, -0.2) is 14.0 Å². The molecule has 0 unspecified atom stereocenters. The third kappa shape index (κ3) is 5.14. The average molecular weight is 469 g/mol. The Bertz CT molecular complexity index is 1060. The maximum Gasteiger partial charge on any atom is 0.338 e. The summed E-state index contributed by atoms with van der Waals surface area (Å²) in [6.07, 6.45) is 0. The van der Waals surface area contributed by atoms with E-state index >= 15 is 0 Å². The van der Waals surface area contributed by atoms with Crippen LogP contribution in [0.5, 0.6) is 5.75 Å². The Labute approximate surface area is 198 Å². The second-order valence-electron chi connectivity index (χ2n) is 8.13. The number of piperazine rings is 1. The van der Waals surface area contributed by atoms with Crippen LogP contribution in [0.25, 0.3) is 0 Å². The average Bonchev–Trinajstić information content (AvgIpc) is 2.85. The number of ether oxygens (including phenoxy) is 2. The molecule has 0 radical (unpaired) electrons. The highest BCUT2D eigenvalue weighted by atomic mass is 19.1. The van der Waals surface area contributed by atoms with Crippen molar-refractivity contribution < 1.29 is 23.5 Å². The van der Waals surface area contributed by atoms with E-state index in [1.165, 1.54) is 19.2 Å². The van der Waals surface area contributed by atoms with Crippen LogP contribution in [0.1, 0.15) is 18.5 Å². The number of carbonyl (C=O) groups excluding carboxylic acids is 2. The van der Waals surface area contributed by atoms with Gasteiger partial charge >= 0.3 is 12.0 Å². The van der Waals surface area contributed by atoms with Crippen molar-refractivity contribution in [1.29, 1.82) is 0 Å². The number of esters is 1. The first-order valence-electron chi connectivity index (χ1n) is 11.3. The molecule has 2 aromatic rings. The molecule has 2 heterocycles. The molecule has 2 aliphatic heterocycles. The van der Waals surface area contributed by atoms with Crippen molar-refractivity contribution in [3.63, 3.8) is 0 Å². The standard InChI is InChI=1S/C25H29FN4O4/c1-3-34-21-7-5-4-6-19(21)23-22(24(31)33-2)20(27-25(32)28-23)16-29-12-14-30(15-13-29)18-10-8-17(26)9-11-18/h4-11,23H,3,12-16H2,1-2H3,(H2,27,28,32)/t23-/m0/s1. The Morgan fingerprint density at radius 1 is 1.09 bits per heavy atom. The summed E-state index contributed by atoms with van der Waals surface area (Å²) in [6, 6.07) is 12.7. The number of nitrogens with zero attached hydrogens (tertiary/aromatic N) is 2. The van der Waals surface area contributed by atoms with Gasteiger partial charge in [0.15, 0.2) is 0 Å². The molecule has 0 bridgehead atoms. The molecule has 1 saturated heterocycles. The monoisotopic (exact) mass is 468 g/mol. The minimum absolute atomic E-state index is 0.258. The van der Waals surface area contributed by atoms with E-state index in [0.29, 0.717) is 35.7 Å². The van der Waals surface area contributed by atoms with E-state index in [0.717, 1.165) is 31.9 Å². The van der Waals surface area contributed by atoms with E-state index in [1.54, 1.807) is 12.1 Å². The number of amides is 2. The van der Waals surface area contributed by atoms with Gasteiger partial charge in [-0.2, -0.15) is 0 Å². The second kappa shape index (κ2) is 10.6. The molecule has 2 amide bonds. The summed E-state index contributed by atoms with van der Waals surface area (Å²) in [4.78, 5) is 29.8. The zero-order valence-corrected chi connectivity index (χ0v) is 19.3. The van der Waals surface area contributed by atoms with Crippen molar-refractivity contribution >= 4 is 17.7 Å². The quantitative estimate of drug-likeness (QED) is 0.608. The third-order valence-corrected chi connectivity index (χ3v) is 6.03. The number of para-hydroxylation sites is 1. The highest BCUT2D eigenvalue weighted by Gasteiger charge is 2.35. The lowest BCUT2D eigenvalue weighted by Crippen LogP contribution is -2.51. The molecule has 0 saturated carbocycles. The zero-order valence-electron chi connectivity index (χ0n) is 19.3. The molecule has 1 fully saturated rings. The number of carbonyl (C=O) groups is 2. The minimum Gasteiger partial charge on any atom is -0.494 e. The molecule has 8 nitrogen and oxygen atoms in total. The molecule has 180 valence electrons. The van der Waals surface area contributed by atoms with Crippen LogP contribution in [-0.2, 0) is 9.53 Å². The van der Waals surface area contributed by atoms with Crippen molar-refractivity contribution in [2.45, 2.75) is 13.0 Å². The maximum absolute atomic E-state index is 13.2. The zero-order chi connectivity index (χ0) is 24.1. The number of methoxy groups -OCH3 is 1. The van der Waals surface area contributed by atoms with Gasteiger partial charge in [-0.3, -0.25) is 4.90 Å². The predicted octanol–water partition coefficient (Wildman–Crippen LogP) is 2.83. The summed E-state index contributed by atoms with van der Waals surface area (Å²) in [6.45, 7) is 5.66. The molecule has 2 aliphatic rings. The number of anilines is 1. The Hall–Kier alpha value is -3.59. The van der Waals surface area contributed by atoms with Gasteiger partial charge in [0.25, 0.3) is 0 Å². The fraction of sp³-hybridized carbons (Fsp3) is 0.360. The normalized spacial score (nSPS) is 18.9. The highest BCUT2D eigenvalue weighted by Crippen LogP contribution is 2.34. The fourth-order valence-corrected chi connectivity index (χ4v) is 4.37. The Morgan fingerprint density at radius 3 is 2.47 bits per heavy atom. The molecule has 1 atom stereocenters.